The van der Waals surface area contributed by atoms with Crippen LogP contribution in [0, 0.1) is 6.92 Å². The first-order valence-corrected chi connectivity index (χ1v) is 6.14. The van der Waals surface area contributed by atoms with Gasteiger partial charge in [0.15, 0.2) is 0 Å². The summed E-state index contributed by atoms with van der Waals surface area (Å²) in [4.78, 5) is 18.7. The molecular formula is C14H15N3O. The molecule has 92 valence electrons. The molecule has 0 atom stereocenters. The van der Waals surface area contributed by atoms with Crippen LogP contribution in [0.4, 0.5) is 11.6 Å². The van der Waals surface area contributed by atoms with Crippen LogP contribution in [-0.2, 0) is 6.54 Å². The topological polar surface area (TPSA) is 38.1 Å². The average molecular weight is 241 g/mol. The lowest BCUT2D eigenvalue weighted by atomic mass is 10.1. The minimum atomic E-state index is 0.0189. The minimum absolute atomic E-state index is 0.0189. The zero-order valence-electron chi connectivity index (χ0n) is 10.6. The molecule has 0 aliphatic carbocycles. The Morgan fingerprint density at radius 3 is 2.89 bits per heavy atom. The summed E-state index contributed by atoms with van der Waals surface area (Å²) < 4.78 is 1.73. The van der Waals surface area contributed by atoms with Crippen LogP contribution < -0.4 is 10.5 Å². The lowest BCUT2D eigenvalue weighted by Crippen LogP contribution is -2.34. The zero-order valence-corrected chi connectivity index (χ0v) is 10.6. The summed E-state index contributed by atoms with van der Waals surface area (Å²) in [6.45, 7) is 5.33. The van der Waals surface area contributed by atoms with Gasteiger partial charge in [-0.15, -0.1) is 0 Å². The van der Waals surface area contributed by atoms with E-state index in [0.717, 1.165) is 23.9 Å². The summed E-state index contributed by atoms with van der Waals surface area (Å²) in [5, 5.41) is 0. The van der Waals surface area contributed by atoms with Crippen molar-refractivity contribution < 1.29 is 0 Å². The molecule has 2 heterocycles. The molecule has 0 bridgehead atoms. The van der Waals surface area contributed by atoms with Gasteiger partial charge in [0, 0.05) is 24.0 Å². The smallest absolute Gasteiger partial charge is 0.255 e. The van der Waals surface area contributed by atoms with Crippen molar-refractivity contribution in [3.63, 3.8) is 0 Å². The van der Waals surface area contributed by atoms with Crippen LogP contribution in [0.15, 0.2) is 35.1 Å². The monoisotopic (exact) mass is 241 g/mol. The number of hydrogen-bond acceptors (Lipinski definition) is 3. The summed E-state index contributed by atoms with van der Waals surface area (Å²) in [6.07, 6.45) is 0. The van der Waals surface area contributed by atoms with Crippen molar-refractivity contribution in [1.29, 1.82) is 0 Å². The van der Waals surface area contributed by atoms with Crippen molar-refractivity contribution in [2.24, 2.45) is 0 Å². The third-order valence-corrected chi connectivity index (χ3v) is 3.28. The highest BCUT2D eigenvalue weighted by Gasteiger charge is 2.23. The van der Waals surface area contributed by atoms with Crippen molar-refractivity contribution in [2.75, 3.05) is 11.4 Å². The fourth-order valence-corrected chi connectivity index (χ4v) is 2.46. The molecule has 3 rings (SSSR count). The van der Waals surface area contributed by atoms with Gasteiger partial charge in [0.05, 0.1) is 6.54 Å². The summed E-state index contributed by atoms with van der Waals surface area (Å²) >= 11 is 0. The lowest BCUT2D eigenvalue weighted by molar-refractivity contribution is 0.686. The predicted molar refractivity (Wildman–Crippen MR) is 71.5 cm³/mol. The Morgan fingerprint density at radius 1 is 1.33 bits per heavy atom. The van der Waals surface area contributed by atoms with E-state index in [1.54, 1.807) is 10.6 Å². The zero-order chi connectivity index (χ0) is 12.7. The number of fused-ring (bicyclic) bond motifs is 2. The average Bonchev–Trinajstić information content (AvgIpc) is 2.36. The van der Waals surface area contributed by atoms with Crippen molar-refractivity contribution in [3.8, 4) is 0 Å². The maximum Gasteiger partial charge on any atom is 0.255 e. The van der Waals surface area contributed by atoms with Gasteiger partial charge < -0.3 is 4.90 Å². The predicted octanol–water partition coefficient (Wildman–Crippen LogP) is 2.07. The molecule has 1 aliphatic rings. The molecule has 18 heavy (non-hydrogen) atoms. The second kappa shape index (κ2) is 3.98. The molecule has 0 fully saturated rings. The molecule has 0 spiro atoms. The van der Waals surface area contributed by atoms with E-state index < -0.39 is 0 Å². The maximum atomic E-state index is 12.1. The highest BCUT2D eigenvalue weighted by atomic mass is 16.1. The number of nitrogens with zero attached hydrogens (tertiary/aromatic N) is 3. The summed E-state index contributed by atoms with van der Waals surface area (Å²) in [7, 11) is 0. The van der Waals surface area contributed by atoms with Crippen molar-refractivity contribution in [2.45, 2.75) is 20.4 Å². The Labute approximate surface area is 106 Å². The second-order valence-electron chi connectivity index (χ2n) is 4.49. The Balaban J connectivity index is 2.27. The van der Waals surface area contributed by atoms with E-state index in [0.29, 0.717) is 6.54 Å². The SMILES string of the molecule is CCN1c2ccccc2Cn2c1nc(C)cc2=O. The molecule has 1 aromatic heterocycles. The first-order valence-electron chi connectivity index (χ1n) is 6.14. The molecule has 0 amide bonds. The molecule has 4 nitrogen and oxygen atoms in total. The van der Waals surface area contributed by atoms with E-state index >= 15 is 0 Å². The number of rotatable bonds is 1. The van der Waals surface area contributed by atoms with Crippen molar-refractivity contribution in [3.05, 3.63) is 51.9 Å². The van der Waals surface area contributed by atoms with Crippen LogP contribution in [0.25, 0.3) is 0 Å². The van der Waals surface area contributed by atoms with Crippen molar-refractivity contribution in [1.82, 2.24) is 9.55 Å². The quantitative estimate of drug-likeness (QED) is 0.767. The lowest BCUT2D eigenvalue weighted by Gasteiger charge is -2.31. The molecule has 1 aliphatic heterocycles. The van der Waals surface area contributed by atoms with Crippen LogP contribution in [0.1, 0.15) is 18.2 Å². The third kappa shape index (κ3) is 1.53. The van der Waals surface area contributed by atoms with Gasteiger partial charge >= 0.3 is 0 Å². The Kier molecular flexibility index (Phi) is 2.44. The standard InChI is InChI=1S/C14H15N3O/c1-3-16-12-7-5-4-6-11(12)9-17-13(18)8-10(2)15-14(16)17/h4-8H,3,9H2,1-2H3. The van der Waals surface area contributed by atoms with Gasteiger partial charge in [-0.25, -0.2) is 4.98 Å². The van der Waals surface area contributed by atoms with Gasteiger partial charge in [-0.05, 0) is 25.5 Å². The molecule has 1 aromatic carbocycles. The molecule has 2 aromatic rings. The maximum absolute atomic E-state index is 12.1. The molecule has 0 saturated heterocycles. The fraction of sp³-hybridized carbons (Fsp3) is 0.286. The molecule has 0 N–H and O–H groups in total. The number of hydrogen-bond donors (Lipinski definition) is 0. The summed E-state index contributed by atoms with van der Waals surface area (Å²) in [5.74, 6) is 0.751. The Bertz CT molecular complexity index is 660. The normalized spacial score (nSPS) is 13.1. The first kappa shape index (κ1) is 11.0. The third-order valence-electron chi connectivity index (χ3n) is 3.28. The molecule has 0 radical (unpaired) electrons. The van der Waals surface area contributed by atoms with Gasteiger partial charge in [0.2, 0.25) is 5.95 Å². The highest BCUT2D eigenvalue weighted by Crippen LogP contribution is 2.31. The van der Waals surface area contributed by atoms with Gasteiger partial charge in [-0.2, -0.15) is 0 Å². The summed E-state index contributed by atoms with van der Waals surface area (Å²) in [6, 6.07) is 9.75. The van der Waals surface area contributed by atoms with Crippen molar-refractivity contribution >= 4 is 11.6 Å². The first-order chi connectivity index (χ1) is 8.70. The number of aryl methyl sites for hydroxylation is 1. The number of anilines is 2. The van der Waals surface area contributed by atoms with E-state index in [9.17, 15) is 4.79 Å². The van der Waals surface area contributed by atoms with E-state index in [1.165, 1.54) is 5.56 Å². The van der Waals surface area contributed by atoms with Gasteiger partial charge in [-0.3, -0.25) is 9.36 Å². The molecular weight excluding hydrogens is 226 g/mol. The summed E-state index contributed by atoms with van der Waals surface area (Å²) in [5.41, 5.74) is 3.10. The Hall–Kier alpha value is -2.10. The van der Waals surface area contributed by atoms with Gasteiger partial charge in [-0.1, -0.05) is 18.2 Å². The van der Waals surface area contributed by atoms with Crippen LogP contribution in [0.3, 0.4) is 0 Å². The van der Waals surface area contributed by atoms with Crippen LogP contribution in [-0.4, -0.2) is 16.1 Å². The Morgan fingerprint density at radius 2 is 2.11 bits per heavy atom. The van der Waals surface area contributed by atoms with Crippen LogP contribution in [0.2, 0.25) is 0 Å². The van der Waals surface area contributed by atoms with Crippen LogP contribution >= 0.6 is 0 Å². The number of benzene rings is 1. The number of para-hydroxylation sites is 1. The van der Waals surface area contributed by atoms with Crippen LogP contribution in [0.5, 0.6) is 0 Å². The molecule has 0 unspecified atom stereocenters. The van der Waals surface area contributed by atoms with E-state index in [2.05, 4.69) is 28.9 Å². The second-order valence-corrected chi connectivity index (χ2v) is 4.49. The van der Waals surface area contributed by atoms with Gasteiger partial charge in [0.1, 0.15) is 0 Å². The minimum Gasteiger partial charge on any atom is -0.312 e. The molecule has 0 saturated carbocycles. The fourth-order valence-electron chi connectivity index (χ4n) is 2.46. The van der Waals surface area contributed by atoms with E-state index in [-0.39, 0.29) is 5.56 Å². The van der Waals surface area contributed by atoms with Gasteiger partial charge in [0.25, 0.3) is 5.56 Å². The largest absolute Gasteiger partial charge is 0.312 e. The molecule has 4 heteroatoms. The number of aromatic nitrogens is 2. The van der Waals surface area contributed by atoms with E-state index in [4.69, 9.17) is 0 Å². The highest BCUT2D eigenvalue weighted by molar-refractivity contribution is 5.64. The van der Waals surface area contributed by atoms with E-state index in [1.807, 2.05) is 19.1 Å².